The Morgan fingerprint density at radius 2 is 1.69 bits per heavy atom. The van der Waals surface area contributed by atoms with Gasteiger partial charge in [0.15, 0.2) is 0 Å². The molecule has 6 heteroatoms. The molecule has 0 aliphatic carbocycles. The molecule has 0 atom stereocenters. The first-order valence-corrected chi connectivity index (χ1v) is 8.44. The highest BCUT2D eigenvalue weighted by molar-refractivity contribution is 5.95. The lowest BCUT2D eigenvalue weighted by Gasteiger charge is -2.22. The number of hydrogen-bond acceptors (Lipinski definition) is 4. The minimum absolute atomic E-state index is 0.0617. The number of carbonyl (C=O) groups is 2. The fourth-order valence-corrected chi connectivity index (χ4v) is 2.53. The van der Waals surface area contributed by atoms with Gasteiger partial charge in [-0.3, -0.25) is 9.59 Å². The van der Waals surface area contributed by atoms with Crippen molar-refractivity contribution in [1.82, 2.24) is 4.90 Å². The molecular formula is C20H24N2O4. The molecule has 0 radical (unpaired) electrons. The lowest BCUT2D eigenvalue weighted by atomic mass is 10.2. The molecular weight excluding hydrogens is 332 g/mol. The van der Waals surface area contributed by atoms with E-state index in [1.54, 1.807) is 19.2 Å². The minimum atomic E-state index is -0.290. The van der Waals surface area contributed by atoms with Crippen LogP contribution in [0.25, 0.3) is 0 Å². The highest BCUT2D eigenvalue weighted by Gasteiger charge is 2.17. The average Bonchev–Trinajstić information content (AvgIpc) is 2.63. The van der Waals surface area contributed by atoms with Crippen LogP contribution in [-0.4, -0.2) is 37.0 Å². The van der Waals surface area contributed by atoms with Crippen LogP contribution in [0.5, 0.6) is 11.5 Å². The van der Waals surface area contributed by atoms with Crippen molar-refractivity contribution >= 4 is 17.5 Å². The molecule has 0 saturated carbocycles. The monoisotopic (exact) mass is 356 g/mol. The third-order valence-corrected chi connectivity index (χ3v) is 3.79. The van der Waals surface area contributed by atoms with Crippen molar-refractivity contribution in [3.05, 3.63) is 54.1 Å². The van der Waals surface area contributed by atoms with E-state index in [1.165, 1.54) is 11.8 Å². The van der Waals surface area contributed by atoms with Crippen molar-refractivity contribution in [1.29, 1.82) is 0 Å². The van der Waals surface area contributed by atoms with Gasteiger partial charge in [0.1, 0.15) is 18.0 Å². The summed E-state index contributed by atoms with van der Waals surface area (Å²) in [6.07, 6.45) is 0. The lowest BCUT2D eigenvalue weighted by Crippen LogP contribution is -2.36. The van der Waals surface area contributed by atoms with Crippen molar-refractivity contribution in [2.75, 3.05) is 25.6 Å². The van der Waals surface area contributed by atoms with E-state index in [2.05, 4.69) is 5.32 Å². The summed E-state index contributed by atoms with van der Waals surface area (Å²) >= 11 is 0. The Labute approximate surface area is 153 Å². The number of rotatable bonds is 8. The van der Waals surface area contributed by atoms with Gasteiger partial charge in [-0.2, -0.15) is 0 Å². The predicted octanol–water partition coefficient (Wildman–Crippen LogP) is 3.08. The molecule has 2 amide bonds. The number of nitrogens with zero attached hydrogens (tertiary/aromatic N) is 1. The largest absolute Gasteiger partial charge is 0.496 e. The fourth-order valence-electron chi connectivity index (χ4n) is 2.53. The topological polar surface area (TPSA) is 67.9 Å². The Balaban J connectivity index is 2.08. The van der Waals surface area contributed by atoms with E-state index in [0.717, 1.165) is 5.56 Å². The van der Waals surface area contributed by atoms with Crippen LogP contribution in [0.15, 0.2) is 48.5 Å². The summed E-state index contributed by atoms with van der Waals surface area (Å²) in [5.41, 5.74) is 1.42. The normalized spacial score (nSPS) is 10.1. The number of hydrogen-bond donors (Lipinski definition) is 1. The molecule has 0 aliphatic rings. The molecule has 26 heavy (non-hydrogen) atoms. The molecule has 0 saturated heterocycles. The van der Waals surface area contributed by atoms with E-state index < -0.39 is 0 Å². The van der Waals surface area contributed by atoms with Crippen LogP contribution in [0.4, 0.5) is 5.69 Å². The molecule has 0 heterocycles. The molecule has 1 N–H and O–H groups in total. The van der Waals surface area contributed by atoms with E-state index in [9.17, 15) is 9.59 Å². The second-order valence-corrected chi connectivity index (χ2v) is 5.66. The number of anilines is 1. The van der Waals surface area contributed by atoms with Gasteiger partial charge >= 0.3 is 0 Å². The molecule has 0 spiro atoms. The molecule has 0 aliphatic heterocycles. The first kappa shape index (κ1) is 19.3. The number of ether oxygens (including phenoxy) is 2. The Morgan fingerprint density at radius 3 is 2.35 bits per heavy atom. The van der Waals surface area contributed by atoms with Gasteiger partial charge in [-0.1, -0.05) is 30.3 Å². The summed E-state index contributed by atoms with van der Waals surface area (Å²) in [6.45, 7) is 4.05. The van der Waals surface area contributed by atoms with Crippen LogP contribution >= 0.6 is 0 Å². The van der Waals surface area contributed by atoms with Gasteiger partial charge in [-0.15, -0.1) is 0 Å². The molecule has 6 nitrogen and oxygen atoms in total. The first-order valence-electron chi connectivity index (χ1n) is 8.44. The third-order valence-electron chi connectivity index (χ3n) is 3.79. The zero-order valence-corrected chi connectivity index (χ0v) is 15.3. The van der Waals surface area contributed by atoms with Gasteiger partial charge in [-0.05, 0) is 25.1 Å². The Morgan fingerprint density at radius 1 is 1.04 bits per heavy atom. The minimum Gasteiger partial charge on any atom is -0.496 e. The summed E-state index contributed by atoms with van der Waals surface area (Å²) in [5, 5.41) is 2.81. The molecule has 2 aromatic carbocycles. The zero-order chi connectivity index (χ0) is 18.9. The number of para-hydroxylation sites is 3. The second kappa shape index (κ2) is 9.46. The molecule has 138 valence electrons. The maximum atomic E-state index is 12.4. The van der Waals surface area contributed by atoms with E-state index in [4.69, 9.17) is 9.47 Å². The van der Waals surface area contributed by atoms with E-state index in [1.807, 2.05) is 43.3 Å². The second-order valence-electron chi connectivity index (χ2n) is 5.66. The molecule has 0 unspecified atom stereocenters. The summed E-state index contributed by atoms with van der Waals surface area (Å²) < 4.78 is 10.8. The van der Waals surface area contributed by atoms with E-state index >= 15 is 0 Å². The Hall–Kier alpha value is -3.02. The maximum absolute atomic E-state index is 12.4. The van der Waals surface area contributed by atoms with Crippen LogP contribution in [0, 0.1) is 0 Å². The standard InChI is InChI=1S/C20H24N2O4/c1-4-26-19-12-8-6-10-17(19)21-20(24)14-22(15(2)23)13-16-9-5-7-11-18(16)25-3/h5-12H,4,13-14H2,1-3H3,(H,21,24). The Bertz CT molecular complexity index is 761. The SMILES string of the molecule is CCOc1ccccc1NC(=O)CN(Cc1ccccc1OC)C(C)=O. The quantitative estimate of drug-likeness (QED) is 0.789. The van der Waals surface area contributed by atoms with Crippen LogP contribution in [-0.2, 0) is 16.1 Å². The van der Waals surface area contributed by atoms with Crippen LogP contribution in [0.1, 0.15) is 19.4 Å². The van der Waals surface area contributed by atoms with Crippen molar-refractivity contribution in [2.24, 2.45) is 0 Å². The summed E-state index contributed by atoms with van der Waals surface area (Å²) in [4.78, 5) is 25.9. The van der Waals surface area contributed by atoms with Gasteiger partial charge in [0.05, 0.1) is 19.4 Å². The van der Waals surface area contributed by atoms with E-state index in [0.29, 0.717) is 30.3 Å². The average molecular weight is 356 g/mol. The highest BCUT2D eigenvalue weighted by Crippen LogP contribution is 2.24. The fraction of sp³-hybridized carbons (Fsp3) is 0.300. The van der Waals surface area contributed by atoms with Crippen LogP contribution in [0.2, 0.25) is 0 Å². The lowest BCUT2D eigenvalue weighted by molar-refractivity contribution is -0.133. The van der Waals surface area contributed by atoms with Crippen molar-refractivity contribution in [3.8, 4) is 11.5 Å². The number of nitrogens with one attached hydrogen (secondary N) is 1. The van der Waals surface area contributed by atoms with Crippen LogP contribution in [0.3, 0.4) is 0 Å². The number of methoxy groups -OCH3 is 1. The van der Waals surface area contributed by atoms with Gasteiger partial charge in [0, 0.05) is 19.0 Å². The van der Waals surface area contributed by atoms with Gasteiger partial charge in [0.2, 0.25) is 11.8 Å². The smallest absolute Gasteiger partial charge is 0.244 e. The summed E-state index contributed by atoms with van der Waals surface area (Å²) in [7, 11) is 1.58. The van der Waals surface area contributed by atoms with Gasteiger partial charge in [-0.25, -0.2) is 0 Å². The zero-order valence-electron chi connectivity index (χ0n) is 15.3. The molecule has 0 aromatic heterocycles. The third kappa shape index (κ3) is 5.24. The molecule has 0 bridgehead atoms. The van der Waals surface area contributed by atoms with Crippen molar-refractivity contribution in [3.63, 3.8) is 0 Å². The molecule has 2 aromatic rings. The Kier molecular flexibility index (Phi) is 7.02. The molecule has 2 rings (SSSR count). The van der Waals surface area contributed by atoms with Gasteiger partial charge < -0.3 is 19.7 Å². The van der Waals surface area contributed by atoms with E-state index in [-0.39, 0.29) is 18.4 Å². The van der Waals surface area contributed by atoms with Crippen molar-refractivity contribution < 1.29 is 19.1 Å². The number of amides is 2. The number of benzene rings is 2. The first-order chi connectivity index (χ1) is 12.5. The van der Waals surface area contributed by atoms with Crippen molar-refractivity contribution in [2.45, 2.75) is 20.4 Å². The van der Waals surface area contributed by atoms with Gasteiger partial charge in [0.25, 0.3) is 0 Å². The number of carbonyl (C=O) groups excluding carboxylic acids is 2. The summed E-state index contributed by atoms with van der Waals surface area (Å²) in [5.74, 6) is 0.801. The predicted molar refractivity (Wildman–Crippen MR) is 100 cm³/mol. The molecule has 0 fully saturated rings. The summed E-state index contributed by atoms with van der Waals surface area (Å²) in [6, 6.07) is 14.6. The maximum Gasteiger partial charge on any atom is 0.244 e. The van der Waals surface area contributed by atoms with Crippen LogP contribution < -0.4 is 14.8 Å². The highest BCUT2D eigenvalue weighted by atomic mass is 16.5.